The van der Waals surface area contributed by atoms with Crippen molar-refractivity contribution in [2.45, 2.75) is 0 Å². The van der Waals surface area contributed by atoms with Crippen molar-refractivity contribution in [3.05, 3.63) is 53.0 Å². The number of nitrogens with zero attached hydrogens (tertiary/aromatic N) is 1. The molecule has 0 bridgehead atoms. The number of hydrogen-bond acceptors (Lipinski definition) is 3. The minimum Gasteiger partial charge on any atom is -0.497 e. The van der Waals surface area contributed by atoms with E-state index in [0.29, 0.717) is 11.5 Å². The van der Waals surface area contributed by atoms with Gasteiger partial charge in [-0.25, -0.2) is 0 Å². The minimum atomic E-state index is -0.129. The number of likely N-dealkylation sites (N-methyl/N-ethyl adjacent to an activating group) is 1. The molecule has 0 spiro atoms. The van der Waals surface area contributed by atoms with E-state index in [0.717, 1.165) is 10.2 Å². The van der Waals surface area contributed by atoms with Gasteiger partial charge in [0.1, 0.15) is 11.5 Å². The molecule has 0 heterocycles. The van der Waals surface area contributed by atoms with E-state index >= 15 is 0 Å². The van der Waals surface area contributed by atoms with E-state index in [1.54, 1.807) is 25.1 Å². The zero-order valence-corrected chi connectivity index (χ0v) is 13.5. The average molecular weight is 350 g/mol. The Balaban J connectivity index is 2.01. The molecule has 0 saturated carbocycles. The maximum absolute atomic E-state index is 12.1. The van der Waals surface area contributed by atoms with E-state index in [-0.39, 0.29) is 12.5 Å². The molecule has 0 saturated heterocycles. The molecule has 0 unspecified atom stereocenters. The Hall–Kier alpha value is -2.01. The van der Waals surface area contributed by atoms with Crippen LogP contribution in [0.5, 0.6) is 11.5 Å². The van der Waals surface area contributed by atoms with E-state index in [9.17, 15) is 4.79 Å². The molecule has 2 rings (SSSR count). The van der Waals surface area contributed by atoms with Crippen LogP contribution in [0.25, 0.3) is 0 Å². The van der Waals surface area contributed by atoms with Gasteiger partial charge in [-0.3, -0.25) is 4.79 Å². The van der Waals surface area contributed by atoms with Gasteiger partial charge in [0.05, 0.1) is 11.6 Å². The maximum atomic E-state index is 12.1. The molecule has 0 atom stereocenters. The zero-order valence-electron chi connectivity index (χ0n) is 11.9. The average Bonchev–Trinajstić information content (AvgIpc) is 2.54. The van der Waals surface area contributed by atoms with Gasteiger partial charge in [0.25, 0.3) is 5.91 Å². The van der Waals surface area contributed by atoms with Crippen molar-refractivity contribution in [3.63, 3.8) is 0 Å². The first-order chi connectivity index (χ1) is 10.1. The van der Waals surface area contributed by atoms with Crippen LogP contribution >= 0.6 is 15.9 Å². The quantitative estimate of drug-likeness (QED) is 0.829. The number of rotatable bonds is 5. The smallest absolute Gasteiger partial charge is 0.264 e. The number of carbonyl (C=O) groups is 1. The molecule has 0 radical (unpaired) electrons. The lowest BCUT2D eigenvalue weighted by atomic mass is 10.3. The summed E-state index contributed by atoms with van der Waals surface area (Å²) in [6.07, 6.45) is 0. The first-order valence-corrected chi connectivity index (χ1v) is 7.19. The molecule has 1 amide bonds. The van der Waals surface area contributed by atoms with Crippen LogP contribution in [-0.4, -0.2) is 26.7 Å². The zero-order chi connectivity index (χ0) is 15.2. The molecule has 0 aliphatic carbocycles. The molecule has 4 nitrogen and oxygen atoms in total. The van der Waals surface area contributed by atoms with Crippen LogP contribution in [0.1, 0.15) is 0 Å². The summed E-state index contributed by atoms with van der Waals surface area (Å²) in [5.74, 6) is 1.12. The number of hydrogen-bond donors (Lipinski definition) is 0. The molecule has 0 aliphatic rings. The van der Waals surface area contributed by atoms with Crippen LogP contribution in [0.2, 0.25) is 0 Å². The third kappa shape index (κ3) is 3.98. The minimum absolute atomic E-state index is 0.0445. The van der Waals surface area contributed by atoms with Crippen molar-refractivity contribution >= 4 is 27.5 Å². The molecule has 110 valence electrons. The highest BCUT2D eigenvalue weighted by molar-refractivity contribution is 9.10. The summed E-state index contributed by atoms with van der Waals surface area (Å²) in [4.78, 5) is 13.7. The maximum Gasteiger partial charge on any atom is 0.264 e. The topological polar surface area (TPSA) is 38.8 Å². The fraction of sp³-hybridized carbons (Fsp3) is 0.188. The van der Waals surface area contributed by atoms with Crippen LogP contribution in [0.4, 0.5) is 5.69 Å². The van der Waals surface area contributed by atoms with Gasteiger partial charge in [0, 0.05) is 18.8 Å². The number of ether oxygens (including phenoxy) is 2. The number of carbonyl (C=O) groups excluding carboxylic acids is 1. The molecule has 0 N–H and O–H groups in total. The summed E-state index contributed by atoms with van der Waals surface area (Å²) in [5, 5.41) is 0. The van der Waals surface area contributed by atoms with Crippen molar-refractivity contribution in [2.24, 2.45) is 0 Å². The van der Waals surface area contributed by atoms with E-state index in [1.807, 2.05) is 42.5 Å². The van der Waals surface area contributed by atoms with Gasteiger partial charge >= 0.3 is 0 Å². The number of para-hydroxylation sites is 1. The van der Waals surface area contributed by atoms with E-state index in [1.165, 1.54) is 0 Å². The summed E-state index contributed by atoms with van der Waals surface area (Å²) < 4.78 is 11.5. The highest BCUT2D eigenvalue weighted by Gasteiger charge is 2.12. The standard InChI is InChI=1S/C16H16BrNO3/c1-18(12-6-4-3-5-7-12)16(19)11-21-15-10-13(20-2)8-9-14(15)17/h3-10H,11H2,1-2H3. The largest absolute Gasteiger partial charge is 0.497 e. The Morgan fingerprint density at radius 3 is 2.57 bits per heavy atom. The normalized spacial score (nSPS) is 10.0. The van der Waals surface area contributed by atoms with Crippen LogP contribution < -0.4 is 14.4 Å². The van der Waals surface area contributed by atoms with Gasteiger partial charge in [0.15, 0.2) is 6.61 Å². The number of halogens is 1. The van der Waals surface area contributed by atoms with Gasteiger partial charge in [-0.15, -0.1) is 0 Å². The van der Waals surface area contributed by atoms with Crippen molar-refractivity contribution in [1.29, 1.82) is 0 Å². The summed E-state index contributed by atoms with van der Waals surface area (Å²) in [6, 6.07) is 14.8. The second-order valence-electron chi connectivity index (χ2n) is 4.37. The monoisotopic (exact) mass is 349 g/mol. The Morgan fingerprint density at radius 1 is 1.19 bits per heavy atom. The predicted octanol–water partition coefficient (Wildman–Crippen LogP) is 3.50. The molecule has 0 fully saturated rings. The third-order valence-electron chi connectivity index (χ3n) is 3.01. The molecule has 0 aromatic heterocycles. The Morgan fingerprint density at radius 2 is 1.90 bits per heavy atom. The lowest BCUT2D eigenvalue weighted by Gasteiger charge is -2.18. The molecular weight excluding hydrogens is 334 g/mol. The van der Waals surface area contributed by atoms with Gasteiger partial charge in [0.2, 0.25) is 0 Å². The number of benzene rings is 2. The van der Waals surface area contributed by atoms with Crippen molar-refractivity contribution in [2.75, 3.05) is 25.7 Å². The van der Waals surface area contributed by atoms with E-state index < -0.39 is 0 Å². The highest BCUT2D eigenvalue weighted by atomic mass is 79.9. The number of amides is 1. The van der Waals surface area contributed by atoms with Crippen LogP contribution in [0, 0.1) is 0 Å². The van der Waals surface area contributed by atoms with Crippen molar-refractivity contribution in [1.82, 2.24) is 0 Å². The molecule has 21 heavy (non-hydrogen) atoms. The van der Waals surface area contributed by atoms with Gasteiger partial charge in [-0.1, -0.05) is 18.2 Å². The van der Waals surface area contributed by atoms with E-state index in [4.69, 9.17) is 9.47 Å². The molecule has 5 heteroatoms. The van der Waals surface area contributed by atoms with Gasteiger partial charge < -0.3 is 14.4 Å². The Kier molecular flexibility index (Phi) is 5.22. The van der Waals surface area contributed by atoms with Gasteiger partial charge in [-0.05, 0) is 40.2 Å². The fourth-order valence-electron chi connectivity index (χ4n) is 1.75. The van der Waals surface area contributed by atoms with Gasteiger partial charge in [-0.2, -0.15) is 0 Å². The molecule has 2 aromatic rings. The SMILES string of the molecule is COc1ccc(Br)c(OCC(=O)N(C)c2ccccc2)c1. The van der Waals surface area contributed by atoms with E-state index in [2.05, 4.69) is 15.9 Å². The first-order valence-electron chi connectivity index (χ1n) is 6.39. The molecular formula is C16H16BrNO3. The summed E-state index contributed by atoms with van der Waals surface area (Å²) in [6.45, 7) is -0.0445. The second-order valence-corrected chi connectivity index (χ2v) is 5.23. The van der Waals surface area contributed by atoms with Crippen LogP contribution in [-0.2, 0) is 4.79 Å². The van der Waals surface area contributed by atoms with Crippen molar-refractivity contribution in [3.8, 4) is 11.5 Å². The lowest BCUT2D eigenvalue weighted by molar-refractivity contribution is -0.120. The first kappa shape index (κ1) is 15.4. The van der Waals surface area contributed by atoms with Crippen molar-refractivity contribution < 1.29 is 14.3 Å². The van der Waals surface area contributed by atoms with Crippen LogP contribution in [0.15, 0.2) is 53.0 Å². The number of methoxy groups -OCH3 is 1. The Bertz CT molecular complexity index is 616. The Labute approximate surface area is 132 Å². The second kappa shape index (κ2) is 7.13. The van der Waals surface area contributed by atoms with Crippen LogP contribution in [0.3, 0.4) is 0 Å². The fourth-order valence-corrected chi connectivity index (χ4v) is 2.11. The number of anilines is 1. The molecule has 0 aliphatic heterocycles. The summed E-state index contributed by atoms with van der Waals surface area (Å²) in [7, 11) is 3.31. The summed E-state index contributed by atoms with van der Waals surface area (Å²) in [5.41, 5.74) is 0.829. The lowest BCUT2D eigenvalue weighted by Crippen LogP contribution is -2.31. The summed E-state index contributed by atoms with van der Waals surface area (Å²) >= 11 is 3.39. The molecule has 2 aromatic carbocycles. The third-order valence-corrected chi connectivity index (χ3v) is 3.66. The predicted molar refractivity (Wildman–Crippen MR) is 86.0 cm³/mol. The highest BCUT2D eigenvalue weighted by Crippen LogP contribution is 2.29.